The Labute approximate surface area is 120 Å². The molecule has 0 aliphatic heterocycles. The third-order valence-corrected chi connectivity index (χ3v) is 2.89. The van der Waals surface area contributed by atoms with Crippen LogP contribution in [0, 0.1) is 16.8 Å². The van der Waals surface area contributed by atoms with Crippen molar-refractivity contribution in [3.63, 3.8) is 0 Å². The first-order valence-corrected chi connectivity index (χ1v) is 6.84. The number of halogens is 1. The first kappa shape index (κ1) is 16.6. The molecule has 0 saturated carbocycles. The summed E-state index contributed by atoms with van der Waals surface area (Å²) in [4.78, 5) is 15.9. The van der Waals surface area contributed by atoms with Crippen LogP contribution in [0.25, 0.3) is 0 Å². The van der Waals surface area contributed by atoms with E-state index in [4.69, 9.17) is 4.74 Å². The summed E-state index contributed by atoms with van der Waals surface area (Å²) in [7, 11) is 0. The Morgan fingerprint density at radius 3 is 2.35 bits per heavy atom. The summed E-state index contributed by atoms with van der Waals surface area (Å²) in [6.45, 7) is 12.0. The molecule has 3 nitrogen and oxygen atoms in total. The zero-order valence-corrected chi connectivity index (χ0v) is 13.2. The van der Waals surface area contributed by atoms with Crippen LogP contribution in [0.5, 0.6) is 5.75 Å². The number of nitrogens with zero attached hydrogens (tertiary/aromatic N) is 1. The smallest absolute Gasteiger partial charge is 0.255 e. The minimum Gasteiger partial charge on any atom is -0.488 e. The molecule has 20 heavy (non-hydrogen) atoms. The van der Waals surface area contributed by atoms with Gasteiger partial charge in [0.05, 0.1) is 12.2 Å². The Bertz CT molecular complexity index is 484. The fraction of sp³-hybridized carbons (Fsp3) is 0.625. The van der Waals surface area contributed by atoms with E-state index in [1.807, 2.05) is 0 Å². The monoisotopic (exact) mass is 281 g/mol. The van der Waals surface area contributed by atoms with Crippen LogP contribution in [-0.4, -0.2) is 17.4 Å². The van der Waals surface area contributed by atoms with Gasteiger partial charge in [-0.1, -0.05) is 41.5 Å². The van der Waals surface area contributed by atoms with E-state index in [9.17, 15) is 9.18 Å². The minimum atomic E-state index is -0.728. The van der Waals surface area contributed by atoms with Crippen LogP contribution < -0.4 is 4.74 Å². The largest absolute Gasteiger partial charge is 0.488 e. The van der Waals surface area contributed by atoms with Crippen molar-refractivity contribution in [2.24, 2.45) is 10.8 Å². The molecule has 1 rings (SSSR count). The molecular formula is C16H24FNO2. The van der Waals surface area contributed by atoms with Gasteiger partial charge in [0.1, 0.15) is 0 Å². The van der Waals surface area contributed by atoms with Crippen molar-refractivity contribution in [3.05, 3.63) is 23.8 Å². The van der Waals surface area contributed by atoms with Gasteiger partial charge in [0.15, 0.2) is 11.5 Å². The number of Topliss-reactive ketones (excluding diaryl/α,β-unsaturated/α-hetero) is 1. The molecule has 1 aromatic rings. The average Bonchev–Trinajstić information content (AvgIpc) is 2.27. The molecule has 0 fully saturated rings. The molecule has 1 heterocycles. The summed E-state index contributed by atoms with van der Waals surface area (Å²) in [6.07, 6.45) is 2.06. The zero-order chi connectivity index (χ0) is 15.6. The molecular weight excluding hydrogens is 257 g/mol. The molecule has 0 radical (unpaired) electrons. The molecule has 1 aromatic heterocycles. The van der Waals surface area contributed by atoms with E-state index in [1.54, 1.807) is 20.8 Å². The molecule has 112 valence electrons. The molecule has 0 spiro atoms. The number of pyridine rings is 1. The van der Waals surface area contributed by atoms with E-state index >= 15 is 0 Å². The number of rotatable bonds is 4. The Kier molecular flexibility index (Phi) is 4.90. The molecule has 0 saturated heterocycles. The van der Waals surface area contributed by atoms with Crippen molar-refractivity contribution in [2.45, 2.75) is 48.0 Å². The lowest BCUT2D eigenvalue weighted by Crippen LogP contribution is -2.22. The number of aromatic nitrogens is 1. The number of ether oxygens (including phenoxy) is 1. The summed E-state index contributed by atoms with van der Waals surface area (Å²) < 4.78 is 19.3. The molecule has 0 bridgehead atoms. The normalized spacial score (nSPS) is 12.3. The van der Waals surface area contributed by atoms with Crippen LogP contribution in [-0.2, 0) is 0 Å². The van der Waals surface area contributed by atoms with E-state index < -0.39 is 11.4 Å². The third-order valence-electron chi connectivity index (χ3n) is 2.89. The fourth-order valence-electron chi connectivity index (χ4n) is 1.60. The highest BCUT2D eigenvalue weighted by atomic mass is 19.1. The summed E-state index contributed by atoms with van der Waals surface area (Å²) in [5, 5.41) is 0. The third kappa shape index (κ3) is 4.58. The van der Waals surface area contributed by atoms with Gasteiger partial charge >= 0.3 is 0 Å². The highest BCUT2D eigenvalue weighted by Crippen LogP contribution is 2.29. The fourth-order valence-corrected chi connectivity index (χ4v) is 1.60. The minimum absolute atomic E-state index is 0.0309. The zero-order valence-electron chi connectivity index (χ0n) is 13.2. The molecule has 0 atom stereocenters. The van der Waals surface area contributed by atoms with Gasteiger partial charge in [0.2, 0.25) is 0 Å². The van der Waals surface area contributed by atoms with Gasteiger partial charge in [-0.3, -0.25) is 4.79 Å². The predicted molar refractivity (Wildman–Crippen MR) is 77.5 cm³/mol. The van der Waals surface area contributed by atoms with Crippen molar-refractivity contribution in [1.29, 1.82) is 0 Å². The number of hydrogen-bond donors (Lipinski definition) is 0. The van der Waals surface area contributed by atoms with Gasteiger partial charge in [-0.15, -0.1) is 0 Å². The van der Waals surface area contributed by atoms with Crippen LogP contribution in [0.2, 0.25) is 0 Å². The van der Waals surface area contributed by atoms with E-state index in [1.165, 1.54) is 12.3 Å². The molecule has 0 N–H and O–H groups in total. The summed E-state index contributed by atoms with van der Waals surface area (Å²) in [6, 6.07) is 1.52. The molecule has 0 aromatic carbocycles. The van der Waals surface area contributed by atoms with Gasteiger partial charge < -0.3 is 4.74 Å². The highest BCUT2D eigenvalue weighted by molar-refractivity contribution is 6.02. The lowest BCUT2D eigenvalue weighted by Gasteiger charge is -2.21. The van der Waals surface area contributed by atoms with Crippen molar-refractivity contribution in [2.75, 3.05) is 6.61 Å². The van der Waals surface area contributed by atoms with Crippen LogP contribution in [0.3, 0.4) is 0 Å². The van der Waals surface area contributed by atoms with Crippen molar-refractivity contribution in [3.8, 4) is 5.75 Å². The van der Waals surface area contributed by atoms with E-state index in [0.717, 1.165) is 6.42 Å². The maximum atomic E-state index is 13.8. The van der Waals surface area contributed by atoms with Gasteiger partial charge in [0.25, 0.3) is 5.95 Å². The Morgan fingerprint density at radius 2 is 1.85 bits per heavy atom. The molecule has 0 amide bonds. The van der Waals surface area contributed by atoms with Crippen molar-refractivity contribution < 1.29 is 13.9 Å². The average molecular weight is 281 g/mol. The quantitative estimate of drug-likeness (QED) is 0.611. The second-order valence-electron chi connectivity index (χ2n) is 7.22. The summed E-state index contributed by atoms with van der Waals surface area (Å²) in [5.74, 6) is -0.907. The first-order valence-electron chi connectivity index (χ1n) is 6.84. The Morgan fingerprint density at radius 1 is 1.25 bits per heavy atom. The number of carbonyl (C=O) groups is 1. The van der Waals surface area contributed by atoms with Gasteiger partial charge in [-0.05, 0) is 17.9 Å². The molecule has 0 aliphatic rings. The molecule has 4 heteroatoms. The first-order chi connectivity index (χ1) is 9.02. The van der Waals surface area contributed by atoms with E-state index in [2.05, 4.69) is 25.8 Å². The second-order valence-corrected chi connectivity index (χ2v) is 7.22. The molecule has 0 unspecified atom stereocenters. The Balaban J connectivity index is 2.98. The van der Waals surface area contributed by atoms with Crippen LogP contribution in [0.4, 0.5) is 4.39 Å². The SMILES string of the molecule is CC(C)(C)CCOc1c(C(=O)C(C)(C)C)ccnc1F. The summed E-state index contributed by atoms with van der Waals surface area (Å²) >= 11 is 0. The number of ketones is 1. The second kappa shape index (κ2) is 5.90. The number of hydrogen-bond acceptors (Lipinski definition) is 3. The predicted octanol–water partition coefficient (Wildman–Crippen LogP) is 4.26. The maximum Gasteiger partial charge on any atom is 0.255 e. The van der Waals surface area contributed by atoms with E-state index in [0.29, 0.717) is 6.61 Å². The Hall–Kier alpha value is -1.45. The van der Waals surface area contributed by atoms with E-state index in [-0.39, 0.29) is 22.5 Å². The highest BCUT2D eigenvalue weighted by Gasteiger charge is 2.28. The van der Waals surface area contributed by atoms with Crippen molar-refractivity contribution >= 4 is 5.78 Å². The molecule has 0 aliphatic carbocycles. The standard InChI is InChI=1S/C16H24FNO2/c1-15(2,3)8-10-20-12-11(7-9-18-14(12)17)13(19)16(4,5)6/h7,9H,8,10H2,1-6H3. The lowest BCUT2D eigenvalue weighted by molar-refractivity contribution is 0.0852. The van der Waals surface area contributed by atoms with Crippen molar-refractivity contribution in [1.82, 2.24) is 4.98 Å². The summed E-state index contributed by atoms with van der Waals surface area (Å²) in [5.41, 5.74) is -0.234. The van der Waals surface area contributed by atoms with Crippen LogP contribution in [0.15, 0.2) is 12.3 Å². The van der Waals surface area contributed by atoms with Gasteiger partial charge in [-0.2, -0.15) is 4.39 Å². The lowest BCUT2D eigenvalue weighted by atomic mass is 9.86. The van der Waals surface area contributed by atoms with Gasteiger partial charge in [0, 0.05) is 11.6 Å². The van der Waals surface area contributed by atoms with Crippen LogP contribution >= 0.6 is 0 Å². The maximum absolute atomic E-state index is 13.8. The topological polar surface area (TPSA) is 39.2 Å². The van der Waals surface area contributed by atoms with Gasteiger partial charge in [-0.25, -0.2) is 4.98 Å². The van der Waals surface area contributed by atoms with Crippen LogP contribution in [0.1, 0.15) is 58.3 Å². The number of carbonyl (C=O) groups excluding carboxylic acids is 1.